The van der Waals surface area contributed by atoms with E-state index in [9.17, 15) is 4.79 Å². The Labute approximate surface area is 193 Å². The number of aryl methyl sites for hydroxylation is 1. The maximum atomic E-state index is 12.7. The second-order valence-electron chi connectivity index (χ2n) is 7.95. The van der Waals surface area contributed by atoms with Crippen LogP contribution in [-0.4, -0.2) is 26.3 Å². The topological polar surface area (TPSA) is 69.0 Å². The zero-order chi connectivity index (χ0) is 22.7. The minimum absolute atomic E-state index is 0.00255. The molecule has 2 heterocycles. The number of benzene rings is 2. The summed E-state index contributed by atoms with van der Waals surface area (Å²) in [5.74, 6) is 2.31. The van der Waals surface area contributed by atoms with E-state index in [1.54, 1.807) is 18.7 Å². The maximum absolute atomic E-state index is 12.7. The number of nitrogens with one attached hydrogen (secondary N) is 1. The van der Waals surface area contributed by atoms with Gasteiger partial charge < -0.3 is 10.1 Å². The third kappa shape index (κ3) is 4.58. The first kappa shape index (κ1) is 22.1. The number of hydrogen-bond donors (Lipinski definition) is 1. The summed E-state index contributed by atoms with van der Waals surface area (Å²) >= 11 is 1.62. The van der Waals surface area contributed by atoms with Gasteiger partial charge in [0.05, 0.1) is 0 Å². The van der Waals surface area contributed by atoms with Gasteiger partial charge in [-0.05, 0) is 38.8 Å². The van der Waals surface area contributed by atoms with Crippen LogP contribution in [0, 0.1) is 6.92 Å². The van der Waals surface area contributed by atoms with E-state index in [1.165, 1.54) is 5.56 Å². The summed E-state index contributed by atoms with van der Waals surface area (Å²) in [4.78, 5) is 17.4. The Balaban J connectivity index is 1.73. The van der Waals surface area contributed by atoms with Gasteiger partial charge in [0.15, 0.2) is 5.78 Å². The molecular weight excluding hydrogens is 420 g/mol. The van der Waals surface area contributed by atoms with Crippen LogP contribution in [0.4, 0.5) is 5.95 Å². The first-order valence-electron chi connectivity index (χ1n) is 10.8. The number of hydrogen-bond acceptors (Lipinski definition) is 6. The van der Waals surface area contributed by atoms with E-state index in [1.807, 2.05) is 35.9 Å². The zero-order valence-corrected chi connectivity index (χ0v) is 19.7. The van der Waals surface area contributed by atoms with Gasteiger partial charge in [0, 0.05) is 22.6 Å². The second kappa shape index (κ2) is 9.61. The highest BCUT2D eigenvalue weighted by Crippen LogP contribution is 2.40. The quantitative estimate of drug-likeness (QED) is 0.456. The number of para-hydroxylation sites is 1. The van der Waals surface area contributed by atoms with Crippen LogP contribution in [0.1, 0.15) is 49.9 Å². The molecule has 0 saturated carbocycles. The molecule has 0 saturated heterocycles. The third-order valence-corrected chi connectivity index (χ3v) is 6.42. The molecule has 0 amide bonds. The van der Waals surface area contributed by atoms with Crippen molar-refractivity contribution in [1.29, 1.82) is 0 Å². The highest BCUT2D eigenvalue weighted by atomic mass is 32.2. The van der Waals surface area contributed by atoms with Gasteiger partial charge in [-0.1, -0.05) is 66.7 Å². The molecule has 166 valence electrons. The molecule has 3 aromatic rings. The van der Waals surface area contributed by atoms with Gasteiger partial charge in [0.2, 0.25) is 11.1 Å². The Bertz CT molecular complexity index is 1150. The van der Waals surface area contributed by atoms with Crippen molar-refractivity contribution in [2.75, 3.05) is 11.1 Å². The number of aromatic nitrogens is 3. The Morgan fingerprint density at radius 2 is 1.91 bits per heavy atom. The third-order valence-electron chi connectivity index (χ3n) is 5.38. The van der Waals surface area contributed by atoms with Gasteiger partial charge in [0.25, 0.3) is 0 Å². The lowest BCUT2D eigenvalue weighted by molar-refractivity contribution is -0.114. The van der Waals surface area contributed by atoms with E-state index < -0.39 is 6.04 Å². The molecular formula is C25H28N4O2S. The van der Waals surface area contributed by atoms with Crippen LogP contribution in [-0.2, 0) is 11.4 Å². The molecule has 6 nitrogen and oxygen atoms in total. The van der Waals surface area contributed by atoms with Crippen molar-refractivity contribution in [2.45, 2.75) is 51.9 Å². The number of thioether (sulfide) groups is 1. The van der Waals surface area contributed by atoms with Crippen molar-refractivity contribution in [1.82, 2.24) is 14.8 Å². The van der Waals surface area contributed by atoms with Gasteiger partial charge in [-0.25, -0.2) is 4.68 Å². The molecule has 1 N–H and O–H groups in total. The summed E-state index contributed by atoms with van der Waals surface area (Å²) < 4.78 is 8.06. The summed E-state index contributed by atoms with van der Waals surface area (Å²) in [6, 6.07) is 15.8. The fourth-order valence-electron chi connectivity index (χ4n) is 3.81. The van der Waals surface area contributed by atoms with Crippen molar-refractivity contribution >= 4 is 23.5 Å². The Morgan fingerprint density at radius 1 is 1.16 bits per heavy atom. The van der Waals surface area contributed by atoms with Crippen LogP contribution in [0.5, 0.6) is 5.75 Å². The first-order valence-corrected chi connectivity index (χ1v) is 11.8. The number of anilines is 1. The number of ketones is 1. The number of Topliss-reactive ketones (excluding diaryl/α,β-unsaturated/α-hetero) is 1. The van der Waals surface area contributed by atoms with Gasteiger partial charge in [-0.3, -0.25) is 4.79 Å². The largest absolute Gasteiger partial charge is 0.489 e. The lowest BCUT2D eigenvalue weighted by atomic mass is 9.92. The average molecular weight is 449 g/mol. The van der Waals surface area contributed by atoms with E-state index in [-0.39, 0.29) is 5.78 Å². The summed E-state index contributed by atoms with van der Waals surface area (Å²) in [5, 5.41) is 8.71. The van der Waals surface area contributed by atoms with Crippen LogP contribution in [0.15, 0.2) is 65.0 Å². The molecule has 2 aromatic carbocycles. The Hall–Kier alpha value is -3.06. The molecule has 7 heteroatoms. The minimum Gasteiger partial charge on any atom is -0.489 e. The molecule has 1 aromatic heterocycles. The smallest absolute Gasteiger partial charge is 0.227 e. The number of ether oxygens (including phenoxy) is 1. The van der Waals surface area contributed by atoms with Crippen LogP contribution >= 0.6 is 11.8 Å². The van der Waals surface area contributed by atoms with E-state index in [0.717, 1.165) is 34.7 Å². The summed E-state index contributed by atoms with van der Waals surface area (Å²) in [6.07, 6.45) is 1.04. The fraction of sp³-hybridized carbons (Fsp3) is 0.320. The highest BCUT2D eigenvalue weighted by molar-refractivity contribution is 7.99. The van der Waals surface area contributed by atoms with Crippen molar-refractivity contribution in [3.8, 4) is 5.75 Å². The number of carbonyl (C=O) groups is 1. The standard InChI is InChI=1S/C25H28N4O2S/c1-5-14-32-25-27-24-26-17(3)22(18(4)30)23(29(24)28-25)20-8-6-7-9-21(20)31-15-19-12-10-16(2)11-13-19/h6-13,23H,5,14-15H2,1-4H3,(H,26,27,28). The predicted molar refractivity (Wildman–Crippen MR) is 128 cm³/mol. The number of allylic oxidation sites excluding steroid dienone is 2. The number of nitrogens with zero attached hydrogens (tertiary/aromatic N) is 3. The molecule has 1 atom stereocenters. The predicted octanol–water partition coefficient (Wildman–Crippen LogP) is 5.55. The normalized spacial score (nSPS) is 15.3. The lowest BCUT2D eigenvalue weighted by Gasteiger charge is -2.29. The first-order chi connectivity index (χ1) is 15.5. The molecule has 0 spiro atoms. The lowest BCUT2D eigenvalue weighted by Crippen LogP contribution is -2.28. The van der Waals surface area contributed by atoms with Gasteiger partial charge >= 0.3 is 0 Å². The molecule has 0 aliphatic carbocycles. The summed E-state index contributed by atoms with van der Waals surface area (Å²) in [7, 11) is 0. The second-order valence-corrected chi connectivity index (χ2v) is 9.01. The molecule has 32 heavy (non-hydrogen) atoms. The Kier molecular flexibility index (Phi) is 6.65. The number of fused-ring (bicyclic) bond motifs is 1. The van der Waals surface area contributed by atoms with Crippen LogP contribution in [0.2, 0.25) is 0 Å². The van der Waals surface area contributed by atoms with Crippen LogP contribution < -0.4 is 10.1 Å². The van der Waals surface area contributed by atoms with Gasteiger partial charge in [0.1, 0.15) is 18.4 Å². The summed E-state index contributed by atoms with van der Waals surface area (Å²) in [6.45, 7) is 8.15. The molecule has 0 bridgehead atoms. The average Bonchev–Trinajstić information content (AvgIpc) is 3.18. The van der Waals surface area contributed by atoms with E-state index in [4.69, 9.17) is 9.84 Å². The van der Waals surface area contributed by atoms with Crippen molar-refractivity contribution in [2.24, 2.45) is 0 Å². The monoisotopic (exact) mass is 448 g/mol. The summed E-state index contributed by atoms with van der Waals surface area (Å²) in [5.41, 5.74) is 4.66. The Morgan fingerprint density at radius 3 is 2.62 bits per heavy atom. The van der Waals surface area contributed by atoms with Gasteiger partial charge in [-0.15, -0.1) is 5.10 Å². The van der Waals surface area contributed by atoms with Crippen LogP contribution in [0.3, 0.4) is 0 Å². The number of carbonyl (C=O) groups excluding carboxylic acids is 1. The number of rotatable bonds is 8. The van der Waals surface area contributed by atoms with Crippen molar-refractivity contribution < 1.29 is 9.53 Å². The molecule has 0 fully saturated rings. The van der Waals surface area contributed by atoms with Gasteiger partial charge in [-0.2, -0.15) is 4.98 Å². The fourth-order valence-corrected chi connectivity index (χ4v) is 4.50. The molecule has 0 radical (unpaired) electrons. The molecule has 4 rings (SSSR count). The molecule has 1 aliphatic heterocycles. The van der Waals surface area contributed by atoms with E-state index >= 15 is 0 Å². The van der Waals surface area contributed by atoms with Crippen molar-refractivity contribution in [3.05, 3.63) is 76.5 Å². The molecule has 1 aliphatic rings. The van der Waals surface area contributed by atoms with Crippen molar-refractivity contribution in [3.63, 3.8) is 0 Å². The van der Waals surface area contributed by atoms with E-state index in [0.29, 0.717) is 23.3 Å². The highest BCUT2D eigenvalue weighted by Gasteiger charge is 2.34. The SMILES string of the molecule is CCCSc1nc2n(n1)C(c1ccccc1OCc1ccc(C)cc1)C(C(C)=O)=C(C)N2. The van der Waals surface area contributed by atoms with E-state index in [2.05, 4.69) is 48.4 Å². The zero-order valence-electron chi connectivity index (χ0n) is 18.9. The van der Waals surface area contributed by atoms with Crippen LogP contribution in [0.25, 0.3) is 0 Å². The molecule has 1 unspecified atom stereocenters. The minimum atomic E-state index is -0.401. The maximum Gasteiger partial charge on any atom is 0.227 e.